The van der Waals surface area contributed by atoms with Gasteiger partial charge < -0.3 is 15.4 Å². The van der Waals surface area contributed by atoms with Gasteiger partial charge in [-0.1, -0.05) is 0 Å². The monoisotopic (exact) mass is 265 g/mol. The topological polar surface area (TPSA) is 92.9 Å². The second kappa shape index (κ2) is 5.76. The number of hydrogen-bond acceptors (Lipinski definition) is 5. The fourth-order valence-electron chi connectivity index (χ4n) is 1.74. The number of nitrogens with zero attached hydrogens (tertiary/aromatic N) is 2. The van der Waals surface area contributed by atoms with Gasteiger partial charge >= 0.3 is 0 Å². The minimum atomic E-state index is -3.17. The Morgan fingerprint density at radius 2 is 1.88 bits per heavy atom. The third-order valence-electron chi connectivity index (χ3n) is 2.79. The van der Waals surface area contributed by atoms with Crippen molar-refractivity contribution in [2.75, 3.05) is 46.1 Å². The molecule has 1 aliphatic rings. The van der Waals surface area contributed by atoms with Gasteiger partial charge in [-0.25, -0.2) is 8.42 Å². The van der Waals surface area contributed by atoms with Crippen molar-refractivity contribution in [3.05, 3.63) is 0 Å². The molecule has 7 nitrogen and oxygen atoms in total. The Morgan fingerprint density at radius 1 is 1.35 bits per heavy atom. The molecule has 1 atom stereocenters. The molecule has 1 unspecified atom stereocenters. The molecule has 1 saturated heterocycles. The summed E-state index contributed by atoms with van der Waals surface area (Å²) < 4.78 is 28.9. The first-order valence-electron chi connectivity index (χ1n) is 5.37. The standard InChI is InChI=1S/C9H19N3O4S/c1-16-8(7-10)9(13)11-3-5-12(6-4-11)17(2,14)15/h8H,3-7,10H2,1-2H3. The molecule has 1 amide bonds. The number of carbonyl (C=O) groups excluding carboxylic acids is 1. The fourth-order valence-corrected chi connectivity index (χ4v) is 2.57. The molecule has 100 valence electrons. The summed E-state index contributed by atoms with van der Waals surface area (Å²) in [6.07, 6.45) is 0.530. The van der Waals surface area contributed by atoms with Crippen LogP contribution >= 0.6 is 0 Å². The van der Waals surface area contributed by atoms with Crippen molar-refractivity contribution in [3.8, 4) is 0 Å². The van der Waals surface area contributed by atoms with Crippen LogP contribution in [0, 0.1) is 0 Å². The first kappa shape index (κ1) is 14.4. The lowest BCUT2D eigenvalue weighted by molar-refractivity contribution is -0.142. The molecule has 1 rings (SSSR count). The summed E-state index contributed by atoms with van der Waals surface area (Å²) in [5.41, 5.74) is 5.41. The van der Waals surface area contributed by atoms with Crippen LogP contribution < -0.4 is 5.73 Å². The van der Waals surface area contributed by atoms with E-state index in [0.717, 1.165) is 0 Å². The third kappa shape index (κ3) is 3.63. The van der Waals surface area contributed by atoms with Gasteiger partial charge in [-0.05, 0) is 0 Å². The van der Waals surface area contributed by atoms with E-state index in [4.69, 9.17) is 10.5 Å². The Labute approximate surface area is 102 Å². The highest BCUT2D eigenvalue weighted by Gasteiger charge is 2.29. The number of methoxy groups -OCH3 is 1. The first-order valence-corrected chi connectivity index (χ1v) is 7.21. The van der Waals surface area contributed by atoms with Gasteiger partial charge in [-0.15, -0.1) is 0 Å². The minimum absolute atomic E-state index is 0.127. The van der Waals surface area contributed by atoms with Crippen LogP contribution in [0.15, 0.2) is 0 Å². The quantitative estimate of drug-likeness (QED) is 0.638. The fraction of sp³-hybridized carbons (Fsp3) is 0.889. The summed E-state index contributed by atoms with van der Waals surface area (Å²) in [4.78, 5) is 13.5. The number of ether oxygens (including phenoxy) is 1. The van der Waals surface area contributed by atoms with E-state index in [2.05, 4.69) is 0 Å². The van der Waals surface area contributed by atoms with Crippen molar-refractivity contribution in [1.29, 1.82) is 0 Å². The van der Waals surface area contributed by atoms with E-state index < -0.39 is 16.1 Å². The molecule has 0 radical (unpaired) electrons. The lowest BCUT2D eigenvalue weighted by Crippen LogP contribution is -2.53. The van der Waals surface area contributed by atoms with Crippen molar-refractivity contribution in [2.24, 2.45) is 5.73 Å². The van der Waals surface area contributed by atoms with E-state index in [-0.39, 0.29) is 12.5 Å². The van der Waals surface area contributed by atoms with Gasteiger partial charge in [0.25, 0.3) is 5.91 Å². The number of piperazine rings is 1. The molecule has 0 aromatic rings. The molecule has 17 heavy (non-hydrogen) atoms. The van der Waals surface area contributed by atoms with Crippen LogP contribution in [-0.2, 0) is 19.6 Å². The highest BCUT2D eigenvalue weighted by Crippen LogP contribution is 2.08. The Balaban J connectivity index is 2.55. The average molecular weight is 265 g/mol. The highest BCUT2D eigenvalue weighted by molar-refractivity contribution is 7.88. The Bertz CT molecular complexity index is 358. The number of rotatable bonds is 4. The van der Waals surface area contributed by atoms with Gasteiger partial charge in [0.05, 0.1) is 6.26 Å². The van der Waals surface area contributed by atoms with Crippen molar-refractivity contribution >= 4 is 15.9 Å². The Morgan fingerprint density at radius 3 is 2.24 bits per heavy atom. The van der Waals surface area contributed by atoms with E-state index in [1.807, 2.05) is 0 Å². The van der Waals surface area contributed by atoms with E-state index >= 15 is 0 Å². The summed E-state index contributed by atoms with van der Waals surface area (Å²) in [7, 11) is -1.73. The minimum Gasteiger partial charge on any atom is -0.370 e. The van der Waals surface area contributed by atoms with Gasteiger partial charge in [0, 0.05) is 39.8 Å². The predicted octanol–water partition coefficient (Wildman–Crippen LogP) is -1.94. The van der Waals surface area contributed by atoms with E-state index in [1.165, 1.54) is 17.7 Å². The zero-order chi connectivity index (χ0) is 13.1. The van der Waals surface area contributed by atoms with Crippen LogP contribution in [0.4, 0.5) is 0 Å². The number of amides is 1. The van der Waals surface area contributed by atoms with Crippen molar-refractivity contribution in [3.63, 3.8) is 0 Å². The summed E-state index contributed by atoms with van der Waals surface area (Å²) in [5, 5.41) is 0. The molecule has 1 aliphatic heterocycles. The summed E-state index contributed by atoms with van der Waals surface area (Å²) in [5.74, 6) is -0.178. The zero-order valence-electron chi connectivity index (χ0n) is 10.1. The number of hydrogen-bond donors (Lipinski definition) is 1. The SMILES string of the molecule is COC(CN)C(=O)N1CCN(S(C)(=O)=O)CC1. The molecule has 0 aromatic carbocycles. The lowest BCUT2D eigenvalue weighted by atomic mass is 10.2. The molecule has 1 fully saturated rings. The van der Waals surface area contributed by atoms with Crippen molar-refractivity contribution in [1.82, 2.24) is 9.21 Å². The Hall–Kier alpha value is -0.700. The van der Waals surface area contributed by atoms with E-state index in [1.54, 1.807) is 4.90 Å². The lowest BCUT2D eigenvalue weighted by Gasteiger charge is -2.34. The Kier molecular flexibility index (Phi) is 4.87. The number of carbonyl (C=O) groups is 1. The summed E-state index contributed by atoms with van der Waals surface area (Å²) in [6, 6.07) is 0. The van der Waals surface area contributed by atoms with Crippen molar-refractivity contribution < 1.29 is 17.9 Å². The maximum Gasteiger partial charge on any atom is 0.253 e. The average Bonchev–Trinajstić information content (AvgIpc) is 2.29. The molecule has 8 heteroatoms. The van der Waals surface area contributed by atoms with Crippen LogP contribution in [0.5, 0.6) is 0 Å². The molecule has 2 N–H and O–H groups in total. The second-order valence-electron chi connectivity index (χ2n) is 3.95. The van der Waals surface area contributed by atoms with Crippen LogP contribution in [0.3, 0.4) is 0 Å². The second-order valence-corrected chi connectivity index (χ2v) is 5.93. The van der Waals surface area contributed by atoms with Gasteiger partial charge in [0.1, 0.15) is 6.10 Å². The molecular weight excluding hydrogens is 246 g/mol. The molecule has 0 saturated carbocycles. The number of sulfonamides is 1. The van der Waals surface area contributed by atoms with Crippen LogP contribution in [-0.4, -0.2) is 75.7 Å². The summed E-state index contributed by atoms with van der Waals surface area (Å²) in [6.45, 7) is 1.54. The van der Waals surface area contributed by atoms with E-state index in [9.17, 15) is 13.2 Å². The first-order chi connectivity index (χ1) is 7.90. The van der Waals surface area contributed by atoms with E-state index in [0.29, 0.717) is 26.2 Å². The maximum absolute atomic E-state index is 11.9. The highest BCUT2D eigenvalue weighted by atomic mass is 32.2. The largest absolute Gasteiger partial charge is 0.370 e. The molecule has 0 bridgehead atoms. The summed E-state index contributed by atoms with van der Waals surface area (Å²) >= 11 is 0. The smallest absolute Gasteiger partial charge is 0.253 e. The van der Waals surface area contributed by atoms with Gasteiger partial charge in [-0.2, -0.15) is 4.31 Å². The van der Waals surface area contributed by atoms with Crippen LogP contribution in [0.1, 0.15) is 0 Å². The third-order valence-corrected chi connectivity index (χ3v) is 4.10. The molecule has 0 aliphatic carbocycles. The maximum atomic E-state index is 11.9. The molecule has 0 aromatic heterocycles. The predicted molar refractivity (Wildman–Crippen MR) is 62.8 cm³/mol. The molecule has 0 spiro atoms. The van der Waals surface area contributed by atoms with Gasteiger partial charge in [0.15, 0.2) is 0 Å². The van der Waals surface area contributed by atoms with Gasteiger partial charge in [-0.3, -0.25) is 4.79 Å². The molecule has 1 heterocycles. The van der Waals surface area contributed by atoms with Gasteiger partial charge in [0.2, 0.25) is 10.0 Å². The molecular formula is C9H19N3O4S. The van der Waals surface area contributed by atoms with Crippen molar-refractivity contribution in [2.45, 2.75) is 6.10 Å². The zero-order valence-corrected chi connectivity index (χ0v) is 10.9. The normalized spacial score (nSPS) is 20.3. The van der Waals surface area contributed by atoms with Crippen LogP contribution in [0.2, 0.25) is 0 Å². The van der Waals surface area contributed by atoms with Crippen LogP contribution in [0.25, 0.3) is 0 Å². The number of nitrogens with two attached hydrogens (primary N) is 1.